The number of hydrogen-bond donors (Lipinski definition) is 2. The molecule has 0 saturated heterocycles. The van der Waals surface area contributed by atoms with Crippen molar-refractivity contribution in [2.24, 2.45) is 0 Å². The number of anilines is 2. The van der Waals surface area contributed by atoms with Gasteiger partial charge in [0.2, 0.25) is 27.0 Å². The van der Waals surface area contributed by atoms with E-state index in [0.29, 0.717) is 17.2 Å². The lowest BCUT2D eigenvalue weighted by Gasteiger charge is -2.16. The van der Waals surface area contributed by atoms with Crippen molar-refractivity contribution in [3.63, 3.8) is 0 Å². The van der Waals surface area contributed by atoms with Crippen molar-refractivity contribution in [1.82, 2.24) is 14.5 Å². The lowest BCUT2D eigenvalue weighted by molar-refractivity contribution is -0.116. The molecule has 1 aromatic heterocycles. The van der Waals surface area contributed by atoms with Gasteiger partial charge in [-0.25, -0.2) is 8.42 Å². The summed E-state index contributed by atoms with van der Waals surface area (Å²) >= 11 is 1.24. The summed E-state index contributed by atoms with van der Waals surface area (Å²) in [4.78, 5) is 23.1. The number of sulfonamides is 1. The van der Waals surface area contributed by atoms with E-state index in [-0.39, 0.29) is 17.3 Å². The van der Waals surface area contributed by atoms with Gasteiger partial charge in [0.1, 0.15) is 5.01 Å². The Morgan fingerprint density at radius 3 is 2.35 bits per heavy atom. The molecule has 26 heavy (non-hydrogen) atoms. The van der Waals surface area contributed by atoms with E-state index in [1.165, 1.54) is 49.6 Å². The summed E-state index contributed by atoms with van der Waals surface area (Å²) in [6.07, 6.45) is 0.705. The number of amides is 2. The number of hydrogen-bond acceptors (Lipinski definition) is 7. The normalized spacial score (nSPS) is 11.4. The first-order valence-electron chi connectivity index (χ1n) is 7.68. The first-order valence-corrected chi connectivity index (χ1v) is 9.94. The van der Waals surface area contributed by atoms with Crippen LogP contribution in [0, 0.1) is 0 Å². The number of likely N-dealkylation sites (N-methyl/N-ethyl adjacent to an activating group) is 1. The van der Waals surface area contributed by atoms with Crippen LogP contribution in [0.1, 0.15) is 18.9 Å². The molecular weight excluding hydrogens is 378 g/mol. The third kappa shape index (κ3) is 5.07. The molecule has 2 N–H and O–H groups in total. The molecule has 1 heterocycles. The molecular formula is C15H19N5O4S2. The number of aryl methyl sites for hydroxylation is 1. The summed E-state index contributed by atoms with van der Waals surface area (Å²) in [6, 6.07) is 5.70. The maximum Gasteiger partial charge on any atom is 0.243 e. The van der Waals surface area contributed by atoms with E-state index in [4.69, 9.17) is 0 Å². The van der Waals surface area contributed by atoms with Crippen molar-refractivity contribution in [2.45, 2.75) is 25.2 Å². The Hall–Kier alpha value is -2.37. The molecule has 0 fully saturated rings. The van der Waals surface area contributed by atoms with Crippen molar-refractivity contribution in [1.29, 1.82) is 0 Å². The Kier molecular flexibility index (Phi) is 6.40. The van der Waals surface area contributed by atoms with Crippen LogP contribution in [0.3, 0.4) is 0 Å². The fourth-order valence-electron chi connectivity index (χ4n) is 1.99. The van der Waals surface area contributed by atoms with E-state index in [0.717, 1.165) is 9.31 Å². The van der Waals surface area contributed by atoms with Crippen molar-refractivity contribution in [3.05, 3.63) is 29.3 Å². The minimum atomic E-state index is -3.84. The fourth-order valence-corrected chi connectivity index (χ4v) is 3.81. The Bertz CT molecular complexity index is 893. The summed E-state index contributed by atoms with van der Waals surface area (Å²) in [7, 11) is -2.53. The zero-order valence-electron chi connectivity index (χ0n) is 14.5. The second-order valence-corrected chi connectivity index (χ2v) is 8.48. The van der Waals surface area contributed by atoms with Crippen LogP contribution in [0.15, 0.2) is 29.2 Å². The molecule has 0 atom stereocenters. The Labute approximate surface area is 155 Å². The molecule has 2 amide bonds. The molecule has 0 bridgehead atoms. The monoisotopic (exact) mass is 397 g/mol. The van der Waals surface area contributed by atoms with Crippen LogP contribution in [0.25, 0.3) is 0 Å². The van der Waals surface area contributed by atoms with Gasteiger partial charge in [-0.1, -0.05) is 18.3 Å². The number of benzene rings is 1. The lowest BCUT2D eigenvalue weighted by atomic mass is 10.3. The van der Waals surface area contributed by atoms with Gasteiger partial charge in [0.25, 0.3) is 0 Å². The molecule has 11 heteroatoms. The SMILES string of the molecule is CCc1nnc(NC(=O)CN(C)S(=O)(=O)c2ccc(NC(C)=O)cc2)s1. The first kappa shape index (κ1) is 19.9. The van der Waals surface area contributed by atoms with Crippen LogP contribution in [0.4, 0.5) is 10.8 Å². The molecule has 0 unspecified atom stereocenters. The molecule has 1 aromatic carbocycles. The predicted octanol–water partition coefficient (Wildman–Crippen LogP) is 1.32. The zero-order valence-corrected chi connectivity index (χ0v) is 16.1. The van der Waals surface area contributed by atoms with Gasteiger partial charge < -0.3 is 5.32 Å². The highest BCUT2D eigenvalue weighted by molar-refractivity contribution is 7.89. The van der Waals surface area contributed by atoms with Gasteiger partial charge in [-0.15, -0.1) is 10.2 Å². The van der Waals surface area contributed by atoms with E-state index in [9.17, 15) is 18.0 Å². The number of aromatic nitrogens is 2. The molecule has 0 saturated carbocycles. The number of nitrogens with zero attached hydrogens (tertiary/aromatic N) is 3. The number of carbonyl (C=O) groups excluding carboxylic acids is 2. The second-order valence-electron chi connectivity index (χ2n) is 5.37. The minimum Gasteiger partial charge on any atom is -0.326 e. The van der Waals surface area contributed by atoms with Gasteiger partial charge in [-0.2, -0.15) is 4.31 Å². The van der Waals surface area contributed by atoms with E-state index in [1.807, 2.05) is 6.92 Å². The third-order valence-electron chi connectivity index (χ3n) is 3.26. The van der Waals surface area contributed by atoms with E-state index in [1.54, 1.807) is 0 Å². The third-order valence-corrected chi connectivity index (χ3v) is 6.07. The molecule has 140 valence electrons. The smallest absolute Gasteiger partial charge is 0.243 e. The summed E-state index contributed by atoms with van der Waals surface area (Å²) in [6.45, 7) is 2.92. The highest BCUT2D eigenvalue weighted by Crippen LogP contribution is 2.18. The van der Waals surface area contributed by atoms with Crippen LogP contribution in [0.2, 0.25) is 0 Å². The van der Waals surface area contributed by atoms with Gasteiger partial charge >= 0.3 is 0 Å². The van der Waals surface area contributed by atoms with Crippen LogP contribution in [0.5, 0.6) is 0 Å². The molecule has 2 aromatic rings. The van der Waals surface area contributed by atoms with Crippen LogP contribution in [-0.4, -0.2) is 48.3 Å². The number of nitrogens with one attached hydrogen (secondary N) is 2. The topological polar surface area (TPSA) is 121 Å². The Balaban J connectivity index is 2.03. The van der Waals surface area contributed by atoms with E-state index < -0.39 is 15.9 Å². The van der Waals surface area contributed by atoms with Gasteiger partial charge in [0.05, 0.1) is 11.4 Å². The quantitative estimate of drug-likeness (QED) is 0.727. The minimum absolute atomic E-state index is 0.0195. The summed E-state index contributed by atoms with van der Waals surface area (Å²) in [5, 5.41) is 13.9. The molecule has 0 spiro atoms. The van der Waals surface area contributed by atoms with Gasteiger partial charge in [-0.05, 0) is 30.7 Å². The van der Waals surface area contributed by atoms with Gasteiger partial charge in [-0.3, -0.25) is 14.9 Å². The second kappa shape index (κ2) is 8.34. The Morgan fingerprint density at radius 2 is 1.81 bits per heavy atom. The Morgan fingerprint density at radius 1 is 1.15 bits per heavy atom. The lowest BCUT2D eigenvalue weighted by Crippen LogP contribution is -2.34. The molecule has 9 nitrogen and oxygen atoms in total. The van der Waals surface area contributed by atoms with Crippen molar-refractivity contribution >= 4 is 44.0 Å². The number of carbonyl (C=O) groups is 2. The molecule has 0 aliphatic heterocycles. The largest absolute Gasteiger partial charge is 0.326 e. The highest BCUT2D eigenvalue weighted by Gasteiger charge is 2.23. The van der Waals surface area contributed by atoms with Crippen LogP contribution >= 0.6 is 11.3 Å². The average molecular weight is 397 g/mol. The van der Waals surface area contributed by atoms with E-state index >= 15 is 0 Å². The average Bonchev–Trinajstić information content (AvgIpc) is 3.02. The summed E-state index contributed by atoms with van der Waals surface area (Å²) in [5.41, 5.74) is 0.486. The fraction of sp³-hybridized carbons (Fsp3) is 0.333. The predicted molar refractivity (Wildman–Crippen MR) is 98.5 cm³/mol. The molecule has 0 aliphatic rings. The maximum absolute atomic E-state index is 12.5. The standard InChI is InChI=1S/C15H19N5O4S2/c1-4-14-18-19-15(25-14)17-13(22)9-20(3)26(23,24)12-7-5-11(6-8-12)16-10(2)21/h5-8H,4,9H2,1-3H3,(H,16,21)(H,17,19,22). The van der Waals surface area contributed by atoms with Crippen molar-refractivity contribution in [2.75, 3.05) is 24.2 Å². The molecule has 2 rings (SSSR count). The zero-order chi connectivity index (χ0) is 19.3. The van der Waals surface area contributed by atoms with Gasteiger partial charge in [0.15, 0.2) is 0 Å². The highest BCUT2D eigenvalue weighted by atomic mass is 32.2. The summed E-state index contributed by atoms with van der Waals surface area (Å²) in [5.74, 6) is -0.762. The van der Waals surface area contributed by atoms with Crippen molar-refractivity contribution in [3.8, 4) is 0 Å². The van der Waals surface area contributed by atoms with Crippen LogP contribution < -0.4 is 10.6 Å². The molecule has 0 aliphatic carbocycles. The van der Waals surface area contributed by atoms with Gasteiger partial charge in [0, 0.05) is 19.7 Å². The van der Waals surface area contributed by atoms with Crippen LogP contribution in [-0.2, 0) is 26.0 Å². The first-order chi connectivity index (χ1) is 12.2. The van der Waals surface area contributed by atoms with Crippen molar-refractivity contribution < 1.29 is 18.0 Å². The summed E-state index contributed by atoms with van der Waals surface area (Å²) < 4.78 is 26.0. The van der Waals surface area contributed by atoms with E-state index in [2.05, 4.69) is 20.8 Å². The maximum atomic E-state index is 12.5. The number of rotatable bonds is 7. The molecule has 0 radical (unpaired) electrons.